The number of ether oxygens (including phenoxy) is 1. The summed E-state index contributed by atoms with van der Waals surface area (Å²) in [6.07, 6.45) is 3.97. The molecule has 0 unspecified atom stereocenters. The molecule has 140 valence electrons. The van der Waals surface area contributed by atoms with Crippen molar-refractivity contribution >= 4 is 11.8 Å². The molecule has 5 nitrogen and oxygen atoms in total. The Bertz CT molecular complexity index is 681. The fourth-order valence-electron chi connectivity index (χ4n) is 4.23. The normalized spacial score (nSPS) is 24.7. The molecule has 0 radical (unpaired) electrons. The highest BCUT2D eigenvalue weighted by Crippen LogP contribution is 2.45. The van der Waals surface area contributed by atoms with Gasteiger partial charge < -0.3 is 15.0 Å². The van der Waals surface area contributed by atoms with Crippen LogP contribution in [0, 0.1) is 23.1 Å². The molecule has 1 spiro atoms. The van der Waals surface area contributed by atoms with Gasteiger partial charge in [0, 0.05) is 43.8 Å². The van der Waals surface area contributed by atoms with E-state index in [2.05, 4.69) is 5.32 Å². The average Bonchev–Trinajstić information content (AvgIpc) is 3.42. The highest BCUT2D eigenvalue weighted by Gasteiger charge is 2.51. The van der Waals surface area contributed by atoms with E-state index in [1.165, 1.54) is 37.1 Å². The molecule has 1 N–H and O–H groups in total. The number of hydrogen-bond acceptors (Lipinski definition) is 3. The van der Waals surface area contributed by atoms with Crippen molar-refractivity contribution in [1.29, 1.82) is 0 Å². The summed E-state index contributed by atoms with van der Waals surface area (Å²) in [4.78, 5) is 27.5. The number of likely N-dealkylation sites (tertiary alicyclic amines) is 1. The zero-order chi connectivity index (χ0) is 18.1. The van der Waals surface area contributed by atoms with Gasteiger partial charge in [-0.2, -0.15) is 0 Å². The van der Waals surface area contributed by atoms with Gasteiger partial charge in [0.2, 0.25) is 5.91 Å². The lowest BCUT2D eigenvalue weighted by atomic mass is 9.71. The van der Waals surface area contributed by atoms with E-state index < -0.39 is 0 Å². The summed E-state index contributed by atoms with van der Waals surface area (Å²) in [5.74, 6) is 0.000239. The Morgan fingerprint density at radius 2 is 1.88 bits per heavy atom. The maximum Gasteiger partial charge on any atom is 0.253 e. The number of nitrogens with one attached hydrogen (secondary N) is 1. The van der Waals surface area contributed by atoms with E-state index in [4.69, 9.17) is 4.74 Å². The second kappa shape index (κ2) is 6.99. The molecule has 0 aromatic heterocycles. The Morgan fingerprint density at radius 1 is 1.19 bits per heavy atom. The minimum absolute atomic E-state index is 0.0632. The average molecular weight is 360 g/mol. The van der Waals surface area contributed by atoms with E-state index >= 15 is 0 Å². The molecule has 2 saturated heterocycles. The van der Waals surface area contributed by atoms with Crippen LogP contribution in [-0.4, -0.2) is 49.6 Å². The van der Waals surface area contributed by atoms with Gasteiger partial charge in [-0.15, -0.1) is 0 Å². The molecule has 1 aromatic carbocycles. The number of nitrogens with zero attached hydrogens (tertiary/aromatic N) is 1. The van der Waals surface area contributed by atoms with Crippen molar-refractivity contribution < 1.29 is 18.7 Å². The van der Waals surface area contributed by atoms with Crippen LogP contribution in [0.4, 0.5) is 4.39 Å². The van der Waals surface area contributed by atoms with Crippen molar-refractivity contribution in [3.63, 3.8) is 0 Å². The first-order valence-corrected chi connectivity index (χ1v) is 9.48. The molecule has 2 heterocycles. The molecule has 3 fully saturated rings. The standard InChI is InChI=1S/C20H25FN2O3/c21-16-5-3-15(4-6-16)19(25)23-12-17(18(24)22-11-14-1-2-14)20(13-23)7-9-26-10-8-20/h3-6,14,17H,1-2,7-13H2,(H,22,24)/t17-/m1/s1. The first-order chi connectivity index (χ1) is 12.6. The first kappa shape index (κ1) is 17.5. The number of hydrogen-bond donors (Lipinski definition) is 1. The number of benzene rings is 1. The van der Waals surface area contributed by atoms with E-state index in [1.54, 1.807) is 4.90 Å². The van der Waals surface area contributed by atoms with Crippen molar-refractivity contribution in [3.8, 4) is 0 Å². The molecular formula is C20H25FN2O3. The molecular weight excluding hydrogens is 335 g/mol. The van der Waals surface area contributed by atoms with Gasteiger partial charge in [-0.1, -0.05) is 0 Å². The second-order valence-corrected chi connectivity index (χ2v) is 7.91. The lowest BCUT2D eigenvalue weighted by Gasteiger charge is -2.37. The maximum absolute atomic E-state index is 13.1. The maximum atomic E-state index is 13.1. The Hall–Kier alpha value is -1.95. The van der Waals surface area contributed by atoms with Crippen molar-refractivity contribution in [1.82, 2.24) is 10.2 Å². The monoisotopic (exact) mass is 360 g/mol. The predicted molar refractivity (Wildman–Crippen MR) is 94.0 cm³/mol. The molecule has 1 saturated carbocycles. The third-order valence-corrected chi connectivity index (χ3v) is 6.09. The minimum atomic E-state index is -0.360. The first-order valence-electron chi connectivity index (χ1n) is 9.48. The van der Waals surface area contributed by atoms with Crippen LogP contribution in [0.25, 0.3) is 0 Å². The summed E-state index contributed by atoms with van der Waals surface area (Å²) in [6.45, 7) is 2.99. The van der Waals surface area contributed by atoms with Gasteiger partial charge in [-0.05, 0) is 55.9 Å². The van der Waals surface area contributed by atoms with Gasteiger partial charge in [-0.25, -0.2) is 4.39 Å². The highest BCUT2D eigenvalue weighted by atomic mass is 19.1. The van der Waals surface area contributed by atoms with Crippen LogP contribution < -0.4 is 5.32 Å². The number of rotatable bonds is 4. The lowest BCUT2D eigenvalue weighted by molar-refractivity contribution is -0.129. The SMILES string of the molecule is O=C(NCC1CC1)[C@H]1CN(C(=O)c2ccc(F)cc2)CC12CCOCC2. The second-order valence-electron chi connectivity index (χ2n) is 7.91. The third-order valence-electron chi connectivity index (χ3n) is 6.09. The van der Waals surface area contributed by atoms with E-state index in [0.717, 1.165) is 19.4 Å². The summed E-state index contributed by atoms with van der Waals surface area (Å²) in [5, 5.41) is 3.10. The van der Waals surface area contributed by atoms with Crippen LogP contribution >= 0.6 is 0 Å². The smallest absolute Gasteiger partial charge is 0.253 e. The number of carbonyl (C=O) groups is 2. The van der Waals surface area contributed by atoms with E-state index in [0.29, 0.717) is 37.8 Å². The molecule has 6 heteroatoms. The summed E-state index contributed by atoms with van der Waals surface area (Å²) in [6, 6.07) is 5.62. The van der Waals surface area contributed by atoms with Gasteiger partial charge in [-0.3, -0.25) is 9.59 Å². The van der Waals surface area contributed by atoms with Crippen molar-refractivity contribution in [2.75, 3.05) is 32.8 Å². The van der Waals surface area contributed by atoms with E-state index in [-0.39, 0.29) is 29.0 Å². The molecule has 26 heavy (non-hydrogen) atoms. The fourth-order valence-corrected chi connectivity index (χ4v) is 4.23. The molecule has 1 aliphatic carbocycles. The van der Waals surface area contributed by atoms with Crippen molar-refractivity contribution in [2.24, 2.45) is 17.3 Å². The largest absolute Gasteiger partial charge is 0.381 e. The zero-order valence-corrected chi connectivity index (χ0v) is 14.9. The molecule has 3 aliphatic rings. The lowest BCUT2D eigenvalue weighted by Crippen LogP contribution is -2.44. The van der Waals surface area contributed by atoms with Gasteiger partial charge in [0.1, 0.15) is 5.82 Å². The van der Waals surface area contributed by atoms with E-state index in [1.807, 2.05) is 0 Å². The number of halogens is 1. The van der Waals surface area contributed by atoms with Crippen LogP contribution in [0.2, 0.25) is 0 Å². The zero-order valence-electron chi connectivity index (χ0n) is 14.9. The molecule has 0 bridgehead atoms. The van der Waals surface area contributed by atoms with Gasteiger partial charge in [0.15, 0.2) is 0 Å². The molecule has 2 aliphatic heterocycles. The number of amides is 2. The van der Waals surface area contributed by atoms with Gasteiger partial charge in [0.25, 0.3) is 5.91 Å². The predicted octanol–water partition coefficient (Wildman–Crippen LogP) is 2.22. The Labute approximate surface area is 152 Å². The van der Waals surface area contributed by atoms with Crippen LogP contribution in [0.1, 0.15) is 36.0 Å². The molecule has 1 aromatic rings. The fraction of sp³-hybridized carbons (Fsp3) is 0.600. The topological polar surface area (TPSA) is 58.6 Å². The summed E-state index contributed by atoms with van der Waals surface area (Å²) in [7, 11) is 0. The summed E-state index contributed by atoms with van der Waals surface area (Å²) >= 11 is 0. The Balaban J connectivity index is 1.51. The molecule has 1 atom stereocenters. The Morgan fingerprint density at radius 3 is 2.54 bits per heavy atom. The van der Waals surface area contributed by atoms with Crippen molar-refractivity contribution in [3.05, 3.63) is 35.6 Å². The van der Waals surface area contributed by atoms with Crippen LogP contribution in [0.3, 0.4) is 0 Å². The quantitative estimate of drug-likeness (QED) is 0.896. The van der Waals surface area contributed by atoms with Crippen LogP contribution in [0.5, 0.6) is 0 Å². The third kappa shape index (κ3) is 3.47. The molecule has 4 rings (SSSR count). The van der Waals surface area contributed by atoms with Crippen LogP contribution in [-0.2, 0) is 9.53 Å². The van der Waals surface area contributed by atoms with Crippen LogP contribution in [0.15, 0.2) is 24.3 Å². The Kier molecular flexibility index (Phi) is 4.69. The number of carbonyl (C=O) groups excluding carboxylic acids is 2. The summed E-state index contributed by atoms with van der Waals surface area (Å²) < 4.78 is 18.7. The van der Waals surface area contributed by atoms with Crippen molar-refractivity contribution in [2.45, 2.75) is 25.7 Å². The minimum Gasteiger partial charge on any atom is -0.381 e. The highest BCUT2D eigenvalue weighted by molar-refractivity contribution is 5.95. The molecule has 2 amide bonds. The summed E-state index contributed by atoms with van der Waals surface area (Å²) in [5.41, 5.74) is 0.259. The van der Waals surface area contributed by atoms with Gasteiger partial charge >= 0.3 is 0 Å². The van der Waals surface area contributed by atoms with Gasteiger partial charge in [0.05, 0.1) is 5.92 Å². The van der Waals surface area contributed by atoms with E-state index in [9.17, 15) is 14.0 Å².